The zero-order chi connectivity index (χ0) is 14.1. The molecule has 4 nitrogen and oxygen atoms in total. The van der Waals surface area contributed by atoms with Crippen LogP contribution >= 0.6 is 11.6 Å². The summed E-state index contributed by atoms with van der Waals surface area (Å²) in [7, 11) is 2.15. The van der Waals surface area contributed by atoms with E-state index in [9.17, 15) is 0 Å². The van der Waals surface area contributed by atoms with Crippen molar-refractivity contribution in [3.8, 4) is 0 Å². The maximum absolute atomic E-state index is 5.85. The number of aryl methyl sites for hydroxylation is 1. The summed E-state index contributed by atoms with van der Waals surface area (Å²) < 4.78 is 0. The lowest BCUT2D eigenvalue weighted by Gasteiger charge is -2.25. The van der Waals surface area contributed by atoms with Gasteiger partial charge in [-0.15, -0.1) is 0 Å². The lowest BCUT2D eigenvalue weighted by molar-refractivity contribution is 0.427. The molecule has 0 atom stereocenters. The van der Waals surface area contributed by atoms with E-state index < -0.39 is 0 Å². The van der Waals surface area contributed by atoms with Crippen LogP contribution < -0.4 is 5.32 Å². The first-order valence-electron chi connectivity index (χ1n) is 6.68. The number of aromatic nitrogens is 2. The first-order chi connectivity index (χ1) is 9.61. The highest BCUT2D eigenvalue weighted by atomic mass is 35.5. The molecule has 0 bridgehead atoms. The fourth-order valence-electron chi connectivity index (χ4n) is 2.46. The number of hydrogen-bond donors (Lipinski definition) is 1. The van der Waals surface area contributed by atoms with Crippen molar-refractivity contribution in [2.75, 3.05) is 11.9 Å². The normalized spacial score (nSPS) is 14.9. The number of nitrogens with one attached hydrogen (secondary N) is 1. The molecular weight excluding hydrogens is 270 g/mol. The molecular formula is C14H16BClN4. The molecule has 0 amide bonds. The maximum Gasteiger partial charge on any atom is 0.224 e. The van der Waals surface area contributed by atoms with Crippen molar-refractivity contribution in [1.29, 1.82) is 0 Å². The van der Waals surface area contributed by atoms with Crippen LogP contribution in [0, 0.1) is 6.92 Å². The molecule has 0 fully saturated rings. The van der Waals surface area contributed by atoms with Crippen molar-refractivity contribution in [2.45, 2.75) is 19.9 Å². The molecule has 102 valence electrons. The molecule has 2 aromatic rings. The van der Waals surface area contributed by atoms with Gasteiger partial charge in [0, 0.05) is 24.0 Å². The Balaban J connectivity index is 1.86. The summed E-state index contributed by atoms with van der Waals surface area (Å²) in [5.74, 6) is 0.762. The van der Waals surface area contributed by atoms with E-state index in [0.717, 1.165) is 36.6 Å². The number of hydrogen-bond acceptors (Lipinski definition) is 4. The standard InChI is InChI=1S/C14H16BClN4/c1-9-7-17-14(16)19-13(9)18-12-3-2-11-8-20(15)5-4-10(11)6-12/h2-3,6-7H,4-5,8,15H2,1H3,(H,17,18,19). The smallest absolute Gasteiger partial charge is 0.224 e. The van der Waals surface area contributed by atoms with Crippen LogP contribution in [0.15, 0.2) is 24.4 Å². The Hall–Kier alpha value is -1.59. The van der Waals surface area contributed by atoms with E-state index in [1.54, 1.807) is 6.20 Å². The number of fused-ring (bicyclic) bond motifs is 1. The number of nitrogens with zero attached hydrogens (tertiary/aromatic N) is 3. The first-order valence-corrected chi connectivity index (χ1v) is 7.06. The van der Waals surface area contributed by atoms with Gasteiger partial charge >= 0.3 is 0 Å². The second-order valence-electron chi connectivity index (χ2n) is 5.27. The molecule has 6 heteroatoms. The summed E-state index contributed by atoms with van der Waals surface area (Å²) >= 11 is 5.85. The van der Waals surface area contributed by atoms with Crippen LogP contribution in [-0.2, 0) is 13.0 Å². The minimum Gasteiger partial charge on any atom is -0.345 e. The Kier molecular flexibility index (Phi) is 3.63. The van der Waals surface area contributed by atoms with Crippen molar-refractivity contribution in [2.24, 2.45) is 0 Å². The third-order valence-corrected chi connectivity index (χ3v) is 3.80. The van der Waals surface area contributed by atoms with Gasteiger partial charge in [-0.05, 0) is 54.7 Å². The van der Waals surface area contributed by atoms with Gasteiger partial charge in [0.05, 0.1) is 0 Å². The van der Waals surface area contributed by atoms with Gasteiger partial charge in [0.2, 0.25) is 5.28 Å². The average molecular weight is 287 g/mol. The zero-order valence-electron chi connectivity index (χ0n) is 11.7. The van der Waals surface area contributed by atoms with Crippen LogP contribution in [0.4, 0.5) is 11.5 Å². The number of benzene rings is 1. The van der Waals surface area contributed by atoms with Crippen molar-refractivity contribution in [1.82, 2.24) is 14.8 Å². The van der Waals surface area contributed by atoms with Crippen molar-refractivity contribution >= 4 is 31.1 Å². The Morgan fingerprint density at radius 3 is 3.05 bits per heavy atom. The minimum absolute atomic E-state index is 0.262. The van der Waals surface area contributed by atoms with E-state index in [1.807, 2.05) is 6.92 Å². The summed E-state index contributed by atoms with van der Waals surface area (Å²) in [5.41, 5.74) is 4.84. The van der Waals surface area contributed by atoms with Gasteiger partial charge in [-0.3, -0.25) is 0 Å². The van der Waals surface area contributed by atoms with Gasteiger partial charge in [0.15, 0.2) is 7.98 Å². The van der Waals surface area contributed by atoms with Crippen molar-refractivity contribution in [3.63, 3.8) is 0 Å². The minimum atomic E-state index is 0.262. The third kappa shape index (κ3) is 2.79. The Morgan fingerprint density at radius 1 is 1.35 bits per heavy atom. The topological polar surface area (TPSA) is 41.0 Å². The molecule has 2 heterocycles. The lowest BCUT2D eigenvalue weighted by Crippen LogP contribution is -2.27. The monoisotopic (exact) mass is 286 g/mol. The van der Waals surface area contributed by atoms with E-state index in [-0.39, 0.29) is 5.28 Å². The number of halogens is 1. The van der Waals surface area contributed by atoms with Crippen LogP contribution in [0.25, 0.3) is 0 Å². The van der Waals surface area contributed by atoms with Gasteiger partial charge in [0.25, 0.3) is 0 Å². The van der Waals surface area contributed by atoms with Crippen molar-refractivity contribution < 1.29 is 0 Å². The molecule has 1 aromatic carbocycles. The largest absolute Gasteiger partial charge is 0.345 e. The molecule has 3 rings (SSSR count). The fraction of sp³-hybridized carbons (Fsp3) is 0.286. The Labute approximate surface area is 124 Å². The highest BCUT2D eigenvalue weighted by molar-refractivity contribution is 6.28. The predicted molar refractivity (Wildman–Crippen MR) is 84.2 cm³/mol. The number of anilines is 2. The Bertz CT molecular complexity index is 647. The van der Waals surface area contributed by atoms with Crippen LogP contribution in [0.3, 0.4) is 0 Å². The van der Waals surface area contributed by atoms with Crippen LogP contribution in [0.1, 0.15) is 16.7 Å². The van der Waals surface area contributed by atoms with Crippen molar-refractivity contribution in [3.05, 3.63) is 46.4 Å². The second kappa shape index (κ2) is 5.42. The summed E-state index contributed by atoms with van der Waals surface area (Å²) in [6, 6.07) is 6.48. The molecule has 20 heavy (non-hydrogen) atoms. The van der Waals surface area contributed by atoms with E-state index in [4.69, 9.17) is 11.6 Å². The molecule has 0 saturated carbocycles. The van der Waals surface area contributed by atoms with Gasteiger partial charge in [-0.2, -0.15) is 0 Å². The van der Waals surface area contributed by atoms with Crippen LogP contribution in [0.2, 0.25) is 5.28 Å². The Morgan fingerprint density at radius 2 is 2.20 bits per heavy atom. The first kappa shape index (κ1) is 13.4. The van der Waals surface area contributed by atoms with Gasteiger partial charge in [-0.1, -0.05) is 6.07 Å². The summed E-state index contributed by atoms with van der Waals surface area (Å²) in [6.07, 6.45) is 2.82. The van der Waals surface area contributed by atoms with Gasteiger partial charge < -0.3 is 10.1 Å². The van der Waals surface area contributed by atoms with E-state index in [1.165, 1.54) is 11.1 Å². The van der Waals surface area contributed by atoms with Crippen LogP contribution in [-0.4, -0.2) is 29.3 Å². The molecule has 0 saturated heterocycles. The average Bonchev–Trinajstić information content (AvgIpc) is 2.43. The summed E-state index contributed by atoms with van der Waals surface area (Å²) in [5, 5.41) is 3.59. The SMILES string of the molecule is BN1CCc2cc(Nc3nc(Cl)ncc3C)ccc2C1. The molecule has 1 aliphatic heterocycles. The second-order valence-corrected chi connectivity index (χ2v) is 5.60. The van der Waals surface area contributed by atoms with E-state index in [2.05, 4.69) is 46.3 Å². The molecule has 0 spiro atoms. The van der Waals surface area contributed by atoms with E-state index in [0.29, 0.717) is 0 Å². The zero-order valence-corrected chi connectivity index (χ0v) is 12.4. The van der Waals surface area contributed by atoms with Gasteiger partial charge in [0.1, 0.15) is 5.82 Å². The molecule has 0 aliphatic carbocycles. The fourth-order valence-corrected chi connectivity index (χ4v) is 2.59. The summed E-state index contributed by atoms with van der Waals surface area (Å²) in [6.45, 7) is 4.09. The highest BCUT2D eigenvalue weighted by Crippen LogP contribution is 2.24. The number of rotatable bonds is 2. The van der Waals surface area contributed by atoms with Gasteiger partial charge in [-0.25, -0.2) is 9.97 Å². The molecule has 0 unspecified atom stereocenters. The highest BCUT2D eigenvalue weighted by Gasteiger charge is 2.13. The maximum atomic E-state index is 5.85. The third-order valence-electron chi connectivity index (χ3n) is 3.61. The molecule has 0 radical (unpaired) electrons. The predicted octanol–water partition coefficient (Wildman–Crippen LogP) is 2.09. The molecule has 1 N–H and O–H groups in total. The lowest BCUT2D eigenvalue weighted by atomic mass is 9.97. The summed E-state index contributed by atoms with van der Waals surface area (Å²) in [4.78, 5) is 10.5. The van der Waals surface area contributed by atoms with E-state index >= 15 is 0 Å². The molecule has 1 aromatic heterocycles. The van der Waals surface area contributed by atoms with Crippen LogP contribution in [0.5, 0.6) is 0 Å². The quantitative estimate of drug-likeness (QED) is 0.678. The molecule has 1 aliphatic rings.